The molecule has 3 heterocycles. The maximum Gasteiger partial charge on any atom is 0.243 e. The predicted octanol–water partition coefficient (Wildman–Crippen LogP) is 4.11. The van der Waals surface area contributed by atoms with E-state index in [1.807, 2.05) is 23.6 Å². The molecular weight excluding hydrogens is 439 g/mol. The molecular formula is C22H23FN2O4S2. The highest BCUT2D eigenvalue weighted by Crippen LogP contribution is 2.27. The molecule has 6 nitrogen and oxygen atoms in total. The van der Waals surface area contributed by atoms with Crippen LogP contribution < -0.4 is 0 Å². The summed E-state index contributed by atoms with van der Waals surface area (Å²) in [6.45, 7) is 1.22. The van der Waals surface area contributed by atoms with E-state index < -0.39 is 21.8 Å². The van der Waals surface area contributed by atoms with Gasteiger partial charge in [0.05, 0.1) is 30.2 Å². The van der Waals surface area contributed by atoms with Gasteiger partial charge in [-0.1, -0.05) is 6.07 Å². The Morgan fingerprint density at radius 1 is 1.16 bits per heavy atom. The zero-order valence-corrected chi connectivity index (χ0v) is 18.4. The second kappa shape index (κ2) is 9.33. The molecule has 0 saturated carbocycles. The van der Waals surface area contributed by atoms with E-state index in [-0.39, 0.29) is 17.3 Å². The van der Waals surface area contributed by atoms with Crippen LogP contribution >= 0.6 is 11.3 Å². The number of hydrogen-bond donors (Lipinski definition) is 0. The third kappa shape index (κ3) is 5.06. The Morgan fingerprint density at radius 2 is 1.97 bits per heavy atom. The molecule has 1 aromatic carbocycles. The summed E-state index contributed by atoms with van der Waals surface area (Å²) in [6.07, 6.45) is 2.78. The van der Waals surface area contributed by atoms with E-state index in [2.05, 4.69) is 0 Å². The van der Waals surface area contributed by atoms with Gasteiger partial charge in [-0.15, -0.1) is 11.3 Å². The normalized spacial score (nSPS) is 17.5. The van der Waals surface area contributed by atoms with Crippen molar-refractivity contribution in [3.63, 3.8) is 0 Å². The lowest BCUT2D eigenvalue weighted by Crippen LogP contribution is -2.46. The van der Waals surface area contributed by atoms with Crippen LogP contribution in [0.15, 0.2) is 69.5 Å². The van der Waals surface area contributed by atoms with Crippen molar-refractivity contribution in [2.45, 2.75) is 30.8 Å². The number of sulfonamides is 1. The number of nitrogens with zero attached hydrogens (tertiary/aromatic N) is 2. The largest absolute Gasteiger partial charge is 0.467 e. The molecule has 1 fully saturated rings. The highest BCUT2D eigenvalue weighted by Gasteiger charge is 2.35. The maximum absolute atomic E-state index is 13.4. The van der Waals surface area contributed by atoms with Gasteiger partial charge in [-0.25, -0.2) is 12.8 Å². The molecule has 0 spiro atoms. The van der Waals surface area contributed by atoms with Crippen LogP contribution in [-0.4, -0.2) is 36.6 Å². The minimum atomic E-state index is -3.79. The quantitative estimate of drug-likeness (QED) is 0.530. The van der Waals surface area contributed by atoms with Crippen LogP contribution in [0.2, 0.25) is 0 Å². The van der Waals surface area contributed by atoms with Crippen LogP contribution in [-0.2, 0) is 27.9 Å². The summed E-state index contributed by atoms with van der Waals surface area (Å²) in [5, 5.41) is 1.96. The summed E-state index contributed by atoms with van der Waals surface area (Å²) >= 11 is 1.57. The van der Waals surface area contributed by atoms with Crippen molar-refractivity contribution in [2.24, 2.45) is 5.92 Å². The lowest BCUT2D eigenvalue weighted by Gasteiger charge is -2.34. The van der Waals surface area contributed by atoms with Gasteiger partial charge >= 0.3 is 0 Å². The fourth-order valence-electron chi connectivity index (χ4n) is 3.77. The summed E-state index contributed by atoms with van der Waals surface area (Å²) in [6, 6.07) is 12.3. The Hall–Kier alpha value is -2.49. The van der Waals surface area contributed by atoms with Gasteiger partial charge in [0.2, 0.25) is 15.9 Å². The molecule has 1 aliphatic rings. The standard InChI is InChI=1S/C22H23FN2O4S2/c23-18-7-9-21(10-8-18)31(27,28)25-11-1-4-17(14-25)22(26)24(15-19-5-2-12-29-19)16-20-6-3-13-30-20/h2-3,5-10,12-13,17H,1,4,11,14-16H2/t17-/m1/s1. The number of amides is 1. The van der Waals surface area contributed by atoms with Gasteiger partial charge in [-0.05, 0) is 60.7 Å². The molecule has 1 aliphatic heterocycles. The summed E-state index contributed by atoms with van der Waals surface area (Å²) < 4.78 is 46.0. The summed E-state index contributed by atoms with van der Waals surface area (Å²) in [5.74, 6) is -0.355. The third-order valence-electron chi connectivity index (χ3n) is 5.35. The Morgan fingerprint density at radius 3 is 2.65 bits per heavy atom. The second-order valence-corrected chi connectivity index (χ2v) is 10.5. The van der Waals surface area contributed by atoms with E-state index in [0.717, 1.165) is 17.0 Å². The minimum Gasteiger partial charge on any atom is -0.467 e. The van der Waals surface area contributed by atoms with E-state index in [1.165, 1.54) is 16.4 Å². The van der Waals surface area contributed by atoms with Crippen LogP contribution in [0.1, 0.15) is 23.5 Å². The third-order valence-corrected chi connectivity index (χ3v) is 8.09. The van der Waals surface area contributed by atoms with E-state index in [9.17, 15) is 17.6 Å². The van der Waals surface area contributed by atoms with Crippen molar-refractivity contribution in [1.82, 2.24) is 9.21 Å². The van der Waals surface area contributed by atoms with Crippen LogP contribution in [0.25, 0.3) is 0 Å². The monoisotopic (exact) mass is 462 g/mol. The summed E-state index contributed by atoms with van der Waals surface area (Å²) in [5.41, 5.74) is 0. The molecule has 1 amide bonds. The SMILES string of the molecule is O=C([C@@H]1CCCN(S(=O)(=O)c2ccc(F)cc2)C1)N(Cc1ccco1)Cc1cccs1. The molecule has 4 rings (SSSR count). The van der Waals surface area contributed by atoms with Crippen molar-refractivity contribution < 1.29 is 22.0 Å². The Kier molecular flexibility index (Phi) is 6.54. The maximum atomic E-state index is 13.4. The van der Waals surface area contributed by atoms with E-state index in [1.54, 1.807) is 28.6 Å². The van der Waals surface area contributed by atoms with Crippen molar-refractivity contribution in [2.75, 3.05) is 13.1 Å². The Bertz CT molecular complexity index is 1060. The van der Waals surface area contributed by atoms with E-state index >= 15 is 0 Å². The molecule has 0 aliphatic carbocycles. The average Bonchev–Trinajstić information content (AvgIpc) is 3.48. The number of furan rings is 1. The zero-order valence-electron chi connectivity index (χ0n) is 16.8. The van der Waals surface area contributed by atoms with Gasteiger partial charge in [0.25, 0.3) is 0 Å². The molecule has 2 aromatic heterocycles. The molecule has 164 valence electrons. The number of thiophene rings is 1. The number of carbonyl (C=O) groups excluding carboxylic acids is 1. The van der Waals surface area contributed by atoms with E-state index in [4.69, 9.17) is 4.42 Å². The van der Waals surface area contributed by atoms with Gasteiger partial charge in [0.15, 0.2) is 0 Å². The zero-order chi connectivity index (χ0) is 21.8. The average molecular weight is 463 g/mol. The van der Waals surface area contributed by atoms with Crippen molar-refractivity contribution in [3.8, 4) is 0 Å². The fraction of sp³-hybridized carbons (Fsp3) is 0.318. The first-order chi connectivity index (χ1) is 14.9. The number of carbonyl (C=O) groups is 1. The fourth-order valence-corrected chi connectivity index (χ4v) is 6.01. The molecule has 9 heteroatoms. The first-order valence-electron chi connectivity index (χ1n) is 10.0. The van der Waals surface area contributed by atoms with E-state index in [0.29, 0.717) is 38.2 Å². The minimum absolute atomic E-state index is 0.0352. The second-order valence-electron chi connectivity index (χ2n) is 7.51. The molecule has 31 heavy (non-hydrogen) atoms. The first kappa shape index (κ1) is 21.7. The van der Waals surface area contributed by atoms with Crippen LogP contribution in [0.5, 0.6) is 0 Å². The molecule has 1 saturated heterocycles. The van der Waals surface area contributed by atoms with Crippen molar-refractivity contribution >= 4 is 27.3 Å². The first-order valence-corrected chi connectivity index (χ1v) is 12.3. The van der Waals surface area contributed by atoms with Gasteiger partial charge in [0, 0.05) is 18.0 Å². The summed E-state index contributed by atoms with van der Waals surface area (Å²) in [4.78, 5) is 16.2. The van der Waals surface area contributed by atoms with Gasteiger partial charge < -0.3 is 9.32 Å². The molecule has 0 unspecified atom stereocenters. The van der Waals surface area contributed by atoms with Crippen LogP contribution in [0.3, 0.4) is 0 Å². The Balaban J connectivity index is 1.52. The highest BCUT2D eigenvalue weighted by molar-refractivity contribution is 7.89. The lowest BCUT2D eigenvalue weighted by molar-refractivity contribution is -0.138. The number of hydrogen-bond acceptors (Lipinski definition) is 5. The van der Waals surface area contributed by atoms with Crippen LogP contribution in [0, 0.1) is 11.7 Å². The van der Waals surface area contributed by atoms with Crippen molar-refractivity contribution in [1.29, 1.82) is 0 Å². The number of rotatable bonds is 7. The van der Waals surface area contributed by atoms with Crippen LogP contribution in [0.4, 0.5) is 4.39 Å². The molecule has 3 aromatic rings. The number of benzene rings is 1. The molecule has 0 radical (unpaired) electrons. The van der Waals surface area contributed by atoms with Gasteiger partial charge in [-0.2, -0.15) is 4.31 Å². The highest BCUT2D eigenvalue weighted by atomic mass is 32.2. The molecule has 0 N–H and O–H groups in total. The van der Waals surface area contributed by atoms with Gasteiger partial charge in [-0.3, -0.25) is 4.79 Å². The summed E-state index contributed by atoms with van der Waals surface area (Å²) in [7, 11) is -3.79. The molecule has 0 bridgehead atoms. The Labute approximate surface area is 185 Å². The molecule has 1 atom stereocenters. The smallest absolute Gasteiger partial charge is 0.243 e. The number of halogens is 1. The lowest BCUT2D eigenvalue weighted by atomic mass is 9.98. The number of piperidine rings is 1. The topological polar surface area (TPSA) is 70.8 Å². The predicted molar refractivity (Wildman–Crippen MR) is 115 cm³/mol. The van der Waals surface area contributed by atoms with Crippen molar-refractivity contribution in [3.05, 3.63) is 76.6 Å². The van der Waals surface area contributed by atoms with Gasteiger partial charge in [0.1, 0.15) is 11.6 Å².